The van der Waals surface area contributed by atoms with Gasteiger partial charge in [0.2, 0.25) is 5.91 Å². The molecule has 0 saturated carbocycles. The lowest BCUT2D eigenvalue weighted by molar-refractivity contribution is -0.861. The van der Waals surface area contributed by atoms with Crippen LogP contribution in [0.2, 0.25) is 0 Å². The highest BCUT2D eigenvalue weighted by molar-refractivity contribution is 7.51. The number of carbonyl (C=O) groups is 1. The van der Waals surface area contributed by atoms with Crippen LogP contribution in [0.4, 0.5) is 0 Å². The minimum Gasteiger partial charge on any atom is -0.629 e. The van der Waals surface area contributed by atoms with E-state index in [0.29, 0.717) is 17.2 Å². The Morgan fingerprint density at radius 3 is 2.08 bits per heavy atom. The third kappa shape index (κ3) is 14.8. The summed E-state index contributed by atoms with van der Waals surface area (Å²) in [5.41, 5.74) is 0.154. The van der Waals surface area contributed by atoms with Gasteiger partial charge < -0.3 is 19.8 Å². The average Bonchev–Trinajstić information content (AvgIpc) is 2.50. The lowest BCUT2D eigenvalue weighted by Crippen LogP contribution is -2.39. The Morgan fingerprint density at radius 2 is 1.58 bits per heavy atom. The zero-order valence-electron chi connectivity index (χ0n) is 15.7. The minimum atomic E-state index is -1.58. The van der Waals surface area contributed by atoms with Crippen molar-refractivity contribution >= 4 is 19.2 Å². The van der Waals surface area contributed by atoms with Crippen LogP contribution < -0.4 is 10.2 Å². The molecule has 6 heteroatoms. The van der Waals surface area contributed by atoms with Crippen LogP contribution in [0.3, 0.4) is 0 Å². The van der Waals surface area contributed by atoms with Gasteiger partial charge in [-0.1, -0.05) is 38.7 Å². The van der Waals surface area contributed by atoms with Crippen molar-refractivity contribution in [3.05, 3.63) is 12.7 Å². The number of unbranched alkanes of at least 4 members (excludes halogenated alkanes) is 7. The molecule has 0 aliphatic heterocycles. The second kappa shape index (κ2) is 13.5. The van der Waals surface area contributed by atoms with Gasteiger partial charge in [0.05, 0.1) is 28.9 Å². The summed E-state index contributed by atoms with van der Waals surface area (Å²) in [5, 5.41) is 12.6. The van der Waals surface area contributed by atoms with Crippen LogP contribution >= 0.6 is 7.77 Å². The van der Waals surface area contributed by atoms with Crippen LogP contribution in [-0.4, -0.2) is 61.4 Å². The van der Waals surface area contributed by atoms with Crippen molar-refractivity contribution in [3.8, 4) is 0 Å². The Hall–Kier alpha value is -0.740. The third-order valence-electron chi connectivity index (χ3n) is 3.68. The average molecular weight is 359 g/mol. The van der Waals surface area contributed by atoms with E-state index in [1.165, 1.54) is 25.3 Å². The molecule has 0 saturated heterocycles. The number of aliphatic hydroxyl groups excluding tert-OH is 1. The number of hydrogen-bond donors (Lipinski definition) is 2. The molecule has 0 bridgehead atoms. The smallest absolute Gasteiger partial charge is 0.273 e. The van der Waals surface area contributed by atoms with Crippen molar-refractivity contribution in [2.45, 2.75) is 51.4 Å². The van der Waals surface area contributed by atoms with Crippen LogP contribution in [0.25, 0.3) is 0 Å². The first-order valence-electron chi connectivity index (χ1n) is 8.96. The van der Waals surface area contributed by atoms with Gasteiger partial charge in [-0.3, -0.25) is 4.79 Å². The second-order valence-corrected chi connectivity index (χ2v) is 9.01. The predicted molar refractivity (Wildman–Crippen MR) is 102 cm³/mol. The molecule has 1 unspecified atom stereocenters. The van der Waals surface area contributed by atoms with E-state index < -0.39 is 7.77 Å². The molecule has 1 amide bonds. The molecular formula is C18H36N2O3P+. The number of amides is 1. The highest BCUT2D eigenvalue weighted by Gasteiger charge is 2.16. The highest BCUT2D eigenvalue weighted by atomic mass is 31.1. The van der Waals surface area contributed by atoms with Gasteiger partial charge in [-0.2, -0.15) is 0 Å². The molecule has 140 valence electrons. The van der Waals surface area contributed by atoms with Crippen molar-refractivity contribution in [1.29, 1.82) is 0 Å². The fraction of sp³-hybridized carbons (Fsp3) is 0.778. The van der Waals surface area contributed by atoms with Crippen LogP contribution in [0.15, 0.2) is 12.7 Å². The van der Waals surface area contributed by atoms with Gasteiger partial charge in [-0.05, 0) is 25.3 Å². The Kier molecular flexibility index (Phi) is 13.1. The highest BCUT2D eigenvalue weighted by Crippen LogP contribution is 2.18. The van der Waals surface area contributed by atoms with Crippen LogP contribution in [0.1, 0.15) is 51.4 Å². The summed E-state index contributed by atoms with van der Waals surface area (Å²) in [6, 6.07) is 0. The SMILES string of the molecule is C=CC(=O)NCCCCCCCCCC/[P+]([O-])=C(\O)C[N+](C)(C)C. The molecule has 0 rings (SSSR count). The van der Waals surface area contributed by atoms with E-state index in [0.717, 1.165) is 38.6 Å². The van der Waals surface area contributed by atoms with Crippen molar-refractivity contribution in [3.63, 3.8) is 0 Å². The number of nitrogens with one attached hydrogen (secondary N) is 1. The lowest BCUT2D eigenvalue weighted by atomic mass is 10.1. The molecule has 0 radical (unpaired) electrons. The lowest BCUT2D eigenvalue weighted by Gasteiger charge is -2.22. The van der Waals surface area contributed by atoms with Crippen molar-refractivity contribution in [2.24, 2.45) is 0 Å². The minimum absolute atomic E-state index is 0.0990. The number of likely N-dealkylation sites (N-methyl/N-ethyl adjacent to an activating group) is 1. The normalized spacial score (nSPS) is 12.7. The van der Waals surface area contributed by atoms with E-state index >= 15 is 0 Å². The summed E-state index contributed by atoms with van der Waals surface area (Å²) in [4.78, 5) is 22.9. The Balaban J connectivity index is 3.49. The van der Waals surface area contributed by atoms with Crippen molar-refractivity contribution < 1.29 is 19.3 Å². The summed E-state index contributed by atoms with van der Waals surface area (Å²) in [6.07, 6.45) is 10.8. The maximum atomic E-state index is 11.9. The first-order chi connectivity index (χ1) is 11.3. The van der Waals surface area contributed by atoms with Crippen LogP contribution in [0, 0.1) is 0 Å². The fourth-order valence-corrected chi connectivity index (χ4v) is 3.71. The maximum absolute atomic E-state index is 11.9. The summed E-state index contributed by atoms with van der Waals surface area (Å²) in [6.45, 7) is 4.60. The largest absolute Gasteiger partial charge is 0.629 e. The van der Waals surface area contributed by atoms with Crippen molar-refractivity contribution in [1.82, 2.24) is 5.32 Å². The Labute approximate surface area is 148 Å². The molecule has 0 aromatic heterocycles. The third-order valence-corrected chi connectivity index (χ3v) is 5.12. The monoisotopic (exact) mass is 359 g/mol. The van der Waals surface area contributed by atoms with Gasteiger partial charge in [0.15, 0.2) is 6.54 Å². The zero-order chi connectivity index (χ0) is 18.4. The molecule has 2 N–H and O–H groups in total. The number of aliphatic hydroxyl groups is 1. The first-order valence-corrected chi connectivity index (χ1v) is 10.4. The van der Waals surface area contributed by atoms with E-state index in [-0.39, 0.29) is 11.4 Å². The summed E-state index contributed by atoms with van der Waals surface area (Å²) in [7, 11) is 4.35. The van der Waals surface area contributed by atoms with Crippen LogP contribution in [0.5, 0.6) is 0 Å². The number of carbonyl (C=O) groups excluding carboxylic acids is 1. The molecule has 0 heterocycles. The molecule has 0 aromatic rings. The first kappa shape index (κ1) is 23.3. The molecule has 1 atom stereocenters. The van der Waals surface area contributed by atoms with Gasteiger partial charge >= 0.3 is 0 Å². The van der Waals surface area contributed by atoms with Crippen LogP contribution in [-0.2, 0) is 4.79 Å². The quantitative estimate of drug-likeness (QED) is 0.216. The molecule has 0 aliphatic rings. The molecular weight excluding hydrogens is 323 g/mol. The number of rotatable bonds is 14. The van der Waals surface area contributed by atoms with Gasteiger partial charge in [-0.15, -0.1) is 0 Å². The van der Waals surface area contributed by atoms with E-state index in [4.69, 9.17) is 0 Å². The second-order valence-electron chi connectivity index (χ2n) is 7.29. The zero-order valence-corrected chi connectivity index (χ0v) is 16.6. The number of hydrogen-bond acceptors (Lipinski definition) is 2. The summed E-state index contributed by atoms with van der Waals surface area (Å²) in [5.74, 6) is -0.0990. The van der Waals surface area contributed by atoms with Gasteiger partial charge in [0.1, 0.15) is 6.16 Å². The number of nitrogens with zero attached hydrogens (tertiary/aromatic N) is 1. The molecule has 5 nitrogen and oxygen atoms in total. The predicted octanol–water partition coefficient (Wildman–Crippen LogP) is 2.38. The Bertz CT molecular complexity index is 404. The van der Waals surface area contributed by atoms with E-state index in [2.05, 4.69) is 11.9 Å². The van der Waals surface area contributed by atoms with Crippen molar-refractivity contribution in [2.75, 3.05) is 40.4 Å². The summed E-state index contributed by atoms with van der Waals surface area (Å²) < 4.78 is 0.601. The van der Waals surface area contributed by atoms with Gasteiger partial charge in [-0.25, -0.2) is 0 Å². The Morgan fingerprint density at radius 1 is 1.08 bits per heavy atom. The standard InChI is InChI=1S/C18H35N2O3P/c1-5-17(21)19-14-12-10-8-6-7-9-11-13-15-24(23)18(22)16-20(2,3)4/h5H,1,6-16H2,2-4H3,(H-,19,21,22)/p+1. The molecule has 24 heavy (non-hydrogen) atoms. The molecule has 0 aliphatic carbocycles. The number of quaternary nitrogens is 1. The topological polar surface area (TPSA) is 72.4 Å². The molecule has 0 aromatic carbocycles. The van der Waals surface area contributed by atoms with Gasteiger partial charge in [0, 0.05) is 6.54 Å². The summed E-state index contributed by atoms with van der Waals surface area (Å²) >= 11 is 0. The van der Waals surface area contributed by atoms with E-state index in [9.17, 15) is 14.8 Å². The van der Waals surface area contributed by atoms with Gasteiger partial charge in [0.25, 0.3) is 5.48 Å². The van der Waals surface area contributed by atoms with E-state index in [1.54, 1.807) is 0 Å². The van der Waals surface area contributed by atoms with E-state index in [1.807, 2.05) is 21.1 Å². The maximum Gasteiger partial charge on any atom is 0.273 e. The molecule has 0 spiro atoms. The molecule has 0 fully saturated rings. The fourth-order valence-electron chi connectivity index (χ4n) is 2.36.